The Hall–Kier alpha value is -0.0800. The first-order valence-electron chi connectivity index (χ1n) is 8.51. The summed E-state index contributed by atoms with van der Waals surface area (Å²) < 4.78 is 5.97. The van der Waals surface area contributed by atoms with E-state index in [-0.39, 0.29) is 0 Å². The van der Waals surface area contributed by atoms with Crippen LogP contribution in [0, 0.1) is 5.41 Å². The molecular weight excluding hydrogens is 234 g/mol. The van der Waals surface area contributed by atoms with Gasteiger partial charge in [-0.1, -0.05) is 39.5 Å². The first kappa shape index (κ1) is 15.3. The summed E-state index contributed by atoms with van der Waals surface area (Å²) in [7, 11) is 0. The number of hydrogen-bond donors (Lipinski definition) is 1. The lowest BCUT2D eigenvalue weighted by Crippen LogP contribution is -2.38. The normalized spacial score (nSPS) is 28.4. The van der Waals surface area contributed by atoms with Gasteiger partial charge < -0.3 is 10.1 Å². The van der Waals surface area contributed by atoms with E-state index in [1.54, 1.807) is 0 Å². The van der Waals surface area contributed by atoms with Crippen LogP contribution in [0.4, 0.5) is 0 Å². The van der Waals surface area contributed by atoms with Gasteiger partial charge in [0.2, 0.25) is 0 Å². The molecule has 2 nitrogen and oxygen atoms in total. The standard InChI is InChI=1S/C17H33NO/c1-17(2)11-6-8-15(14-17)18-12-7-13-19-16-9-4-3-5-10-16/h15-16,18H,3-14H2,1-2H3. The quantitative estimate of drug-likeness (QED) is 0.725. The van der Waals surface area contributed by atoms with Crippen LogP contribution in [0.5, 0.6) is 0 Å². The molecule has 0 aliphatic heterocycles. The molecule has 0 bridgehead atoms. The van der Waals surface area contributed by atoms with Crippen molar-refractivity contribution in [3.05, 3.63) is 0 Å². The Morgan fingerprint density at radius 1 is 1.05 bits per heavy atom. The predicted octanol–water partition coefficient (Wildman–Crippen LogP) is 4.28. The summed E-state index contributed by atoms with van der Waals surface area (Å²) in [6.45, 7) is 6.90. The van der Waals surface area contributed by atoms with Gasteiger partial charge >= 0.3 is 0 Å². The van der Waals surface area contributed by atoms with Crippen molar-refractivity contribution in [3.8, 4) is 0 Å². The van der Waals surface area contributed by atoms with Crippen molar-refractivity contribution in [2.75, 3.05) is 13.2 Å². The number of rotatable bonds is 6. The lowest BCUT2D eigenvalue weighted by atomic mass is 9.75. The summed E-state index contributed by atoms with van der Waals surface area (Å²) in [6, 6.07) is 0.749. The zero-order valence-corrected chi connectivity index (χ0v) is 13.0. The molecule has 0 heterocycles. The Labute approximate surface area is 119 Å². The Morgan fingerprint density at radius 3 is 2.58 bits per heavy atom. The lowest BCUT2D eigenvalue weighted by Gasteiger charge is -2.35. The molecule has 1 atom stereocenters. The summed E-state index contributed by atoms with van der Waals surface area (Å²) in [6.07, 6.45) is 14.0. The van der Waals surface area contributed by atoms with Crippen LogP contribution in [-0.4, -0.2) is 25.3 Å². The first-order chi connectivity index (χ1) is 9.16. The molecule has 0 aromatic carbocycles. The number of hydrogen-bond acceptors (Lipinski definition) is 2. The number of ether oxygens (including phenoxy) is 1. The highest BCUT2D eigenvalue weighted by Gasteiger charge is 2.27. The summed E-state index contributed by atoms with van der Waals surface area (Å²) in [5.74, 6) is 0. The van der Waals surface area contributed by atoms with Crippen molar-refractivity contribution in [2.24, 2.45) is 5.41 Å². The van der Waals surface area contributed by atoms with Gasteiger partial charge in [-0.15, -0.1) is 0 Å². The van der Waals surface area contributed by atoms with E-state index >= 15 is 0 Å². The Balaban J connectivity index is 1.49. The molecule has 2 saturated carbocycles. The Bertz CT molecular complexity index is 246. The maximum atomic E-state index is 5.97. The molecule has 0 aromatic heterocycles. The molecule has 2 fully saturated rings. The van der Waals surface area contributed by atoms with Crippen LogP contribution < -0.4 is 5.32 Å². The second kappa shape index (κ2) is 7.64. The molecule has 0 spiro atoms. The molecular formula is C17H33NO. The molecule has 19 heavy (non-hydrogen) atoms. The highest BCUT2D eigenvalue weighted by Crippen LogP contribution is 2.34. The van der Waals surface area contributed by atoms with Gasteiger partial charge in [0, 0.05) is 12.6 Å². The molecule has 2 aliphatic carbocycles. The van der Waals surface area contributed by atoms with Gasteiger partial charge in [0.05, 0.1) is 6.10 Å². The van der Waals surface area contributed by atoms with Crippen molar-refractivity contribution in [3.63, 3.8) is 0 Å². The van der Waals surface area contributed by atoms with Gasteiger partial charge in [-0.3, -0.25) is 0 Å². The highest BCUT2D eigenvalue weighted by atomic mass is 16.5. The third-order valence-corrected chi connectivity index (χ3v) is 4.87. The Morgan fingerprint density at radius 2 is 1.84 bits per heavy atom. The molecule has 2 heteroatoms. The van der Waals surface area contributed by atoms with Gasteiger partial charge in [0.15, 0.2) is 0 Å². The first-order valence-corrected chi connectivity index (χ1v) is 8.51. The van der Waals surface area contributed by atoms with Crippen LogP contribution in [0.15, 0.2) is 0 Å². The fourth-order valence-electron chi connectivity index (χ4n) is 3.73. The molecule has 1 N–H and O–H groups in total. The predicted molar refractivity (Wildman–Crippen MR) is 81.5 cm³/mol. The molecule has 112 valence electrons. The van der Waals surface area contributed by atoms with Crippen LogP contribution in [-0.2, 0) is 4.74 Å². The molecule has 0 radical (unpaired) electrons. The minimum atomic E-state index is 0.550. The van der Waals surface area contributed by atoms with Crippen molar-refractivity contribution in [1.29, 1.82) is 0 Å². The Kier molecular flexibility index (Phi) is 6.15. The topological polar surface area (TPSA) is 21.3 Å². The second-order valence-electron chi connectivity index (χ2n) is 7.40. The van der Waals surface area contributed by atoms with Gasteiger partial charge in [0.25, 0.3) is 0 Å². The highest BCUT2D eigenvalue weighted by molar-refractivity contribution is 4.83. The maximum absolute atomic E-state index is 5.97. The van der Waals surface area contributed by atoms with E-state index in [2.05, 4.69) is 19.2 Å². The molecule has 0 saturated heterocycles. The maximum Gasteiger partial charge on any atom is 0.0575 e. The van der Waals surface area contributed by atoms with E-state index in [0.717, 1.165) is 19.2 Å². The molecule has 0 aromatic rings. The van der Waals surface area contributed by atoms with E-state index in [1.807, 2.05) is 0 Å². The second-order valence-corrected chi connectivity index (χ2v) is 7.40. The summed E-state index contributed by atoms with van der Waals surface area (Å²) in [5.41, 5.74) is 0.550. The SMILES string of the molecule is CC1(C)CCCC(NCCCOC2CCCCC2)C1. The molecule has 2 rings (SSSR count). The average molecular weight is 267 g/mol. The van der Waals surface area contributed by atoms with Crippen molar-refractivity contribution >= 4 is 0 Å². The van der Waals surface area contributed by atoms with Gasteiger partial charge in [-0.2, -0.15) is 0 Å². The lowest BCUT2D eigenvalue weighted by molar-refractivity contribution is 0.0267. The smallest absolute Gasteiger partial charge is 0.0575 e. The van der Waals surface area contributed by atoms with Crippen LogP contribution in [0.25, 0.3) is 0 Å². The molecule has 0 amide bonds. The third-order valence-electron chi connectivity index (χ3n) is 4.87. The third kappa shape index (κ3) is 5.83. The van der Waals surface area contributed by atoms with Crippen LogP contribution in [0.2, 0.25) is 0 Å². The fourth-order valence-corrected chi connectivity index (χ4v) is 3.73. The molecule has 2 aliphatic rings. The van der Waals surface area contributed by atoms with Crippen molar-refractivity contribution in [2.45, 2.75) is 90.2 Å². The van der Waals surface area contributed by atoms with Crippen LogP contribution >= 0.6 is 0 Å². The van der Waals surface area contributed by atoms with E-state index < -0.39 is 0 Å². The van der Waals surface area contributed by atoms with E-state index in [9.17, 15) is 0 Å². The number of nitrogens with one attached hydrogen (secondary N) is 1. The van der Waals surface area contributed by atoms with Crippen molar-refractivity contribution < 1.29 is 4.74 Å². The van der Waals surface area contributed by atoms with Gasteiger partial charge in [0.1, 0.15) is 0 Å². The van der Waals surface area contributed by atoms with Crippen LogP contribution in [0.3, 0.4) is 0 Å². The largest absolute Gasteiger partial charge is 0.378 e. The summed E-state index contributed by atoms with van der Waals surface area (Å²) in [4.78, 5) is 0. The monoisotopic (exact) mass is 267 g/mol. The summed E-state index contributed by atoms with van der Waals surface area (Å²) in [5, 5.41) is 3.73. The summed E-state index contributed by atoms with van der Waals surface area (Å²) >= 11 is 0. The minimum absolute atomic E-state index is 0.550. The molecule has 1 unspecified atom stereocenters. The van der Waals surface area contributed by atoms with Crippen molar-refractivity contribution in [1.82, 2.24) is 5.32 Å². The zero-order valence-electron chi connectivity index (χ0n) is 13.0. The zero-order chi connectivity index (χ0) is 13.6. The van der Waals surface area contributed by atoms with Crippen LogP contribution in [0.1, 0.15) is 78.1 Å². The average Bonchev–Trinajstić information content (AvgIpc) is 2.38. The van der Waals surface area contributed by atoms with Gasteiger partial charge in [-0.25, -0.2) is 0 Å². The van der Waals surface area contributed by atoms with E-state index in [1.165, 1.54) is 64.2 Å². The van der Waals surface area contributed by atoms with E-state index in [4.69, 9.17) is 4.74 Å². The fraction of sp³-hybridized carbons (Fsp3) is 1.00. The van der Waals surface area contributed by atoms with Gasteiger partial charge in [-0.05, 0) is 50.5 Å². The minimum Gasteiger partial charge on any atom is -0.378 e. The van der Waals surface area contributed by atoms with E-state index in [0.29, 0.717) is 11.5 Å².